The second-order valence-corrected chi connectivity index (χ2v) is 8.82. The van der Waals surface area contributed by atoms with Gasteiger partial charge in [0.2, 0.25) is 16.9 Å². The van der Waals surface area contributed by atoms with Gasteiger partial charge in [0.15, 0.2) is 0 Å². The normalized spacial score (nSPS) is 12.0. The van der Waals surface area contributed by atoms with Gasteiger partial charge in [-0.15, -0.1) is 0 Å². The van der Waals surface area contributed by atoms with E-state index in [2.05, 4.69) is 23.3 Å². The number of carboxylic acid groups (broad SMARTS) is 1. The zero-order valence-corrected chi connectivity index (χ0v) is 21.5. The molecule has 11 nitrogen and oxygen atoms in total. The van der Waals surface area contributed by atoms with E-state index in [-0.39, 0.29) is 34.1 Å². The molecule has 0 heterocycles. The van der Waals surface area contributed by atoms with Crippen molar-refractivity contribution in [1.29, 1.82) is 0 Å². The Bertz CT molecular complexity index is 1200. The van der Waals surface area contributed by atoms with Crippen LogP contribution in [-0.4, -0.2) is 63.5 Å². The number of hydrogen-bond acceptors (Lipinski definition) is 10. The third-order valence-electron chi connectivity index (χ3n) is 4.54. The van der Waals surface area contributed by atoms with Gasteiger partial charge in [-0.2, -0.15) is 12.6 Å². The predicted octanol–water partition coefficient (Wildman–Crippen LogP) is 1.71. The Morgan fingerprint density at radius 1 is 0.838 bits per heavy atom. The number of hydrogen-bond donors (Lipinski definition) is 4. The first-order valence-electron chi connectivity index (χ1n) is 10.7. The summed E-state index contributed by atoms with van der Waals surface area (Å²) in [4.78, 5) is 72.4. The lowest BCUT2D eigenvalue weighted by molar-refractivity contribution is -0.138. The summed E-state index contributed by atoms with van der Waals surface area (Å²) in [6.45, 7) is 2.42. The second-order valence-electron chi connectivity index (χ2n) is 7.43. The van der Waals surface area contributed by atoms with E-state index >= 15 is 0 Å². The summed E-state index contributed by atoms with van der Waals surface area (Å²) in [6.07, 6.45) is 0. The van der Waals surface area contributed by atoms with Crippen LogP contribution in [0, 0.1) is 0 Å². The minimum atomic E-state index is -1.30. The van der Waals surface area contributed by atoms with Gasteiger partial charge in [-0.1, -0.05) is 36.0 Å². The van der Waals surface area contributed by atoms with Crippen molar-refractivity contribution < 1.29 is 43.3 Å². The van der Waals surface area contributed by atoms with Crippen molar-refractivity contribution >= 4 is 59.2 Å². The summed E-state index contributed by atoms with van der Waals surface area (Å²) < 4.78 is 10.6. The van der Waals surface area contributed by atoms with Gasteiger partial charge < -0.3 is 25.2 Å². The number of ether oxygens (including phenoxy) is 2. The molecule has 37 heavy (non-hydrogen) atoms. The van der Waals surface area contributed by atoms with Crippen LogP contribution in [0.5, 0.6) is 11.5 Å². The molecule has 0 fully saturated rings. The van der Waals surface area contributed by atoms with Crippen molar-refractivity contribution in [2.24, 2.45) is 0 Å². The Balaban J connectivity index is 2.19. The maximum Gasteiger partial charge on any atom is 0.347 e. The fourth-order valence-electron chi connectivity index (χ4n) is 2.90. The first kappa shape index (κ1) is 29.4. The van der Waals surface area contributed by atoms with Crippen LogP contribution in [0.2, 0.25) is 0 Å². The lowest BCUT2D eigenvalue weighted by atomic mass is 10.2. The molecular formula is C24H24N2O9S2. The molecule has 13 heteroatoms. The highest BCUT2D eigenvalue weighted by Gasteiger charge is 2.27. The topological polar surface area (TPSA) is 165 Å². The van der Waals surface area contributed by atoms with Gasteiger partial charge in [-0.05, 0) is 24.3 Å². The van der Waals surface area contributed by atoms with E-state index in [1.165, 1.54) is 62.4 Å². The monoisotopic (exact) mass is 548 g/mol. The van der Waals surface area contributed by atoms with Gasteiger partial charge in [-0.3, -0.25) is 14.4 Å². The molecule has 0 spiro atoms. The fraction of sp³-hybridized carbons (Fsp3) is 0.250. The molecule has 0 bridgehead atoms. The summed E-state index contributed by atoms with van der Waals surface area (Å²) in [5.41, 5.74) is -0.418. The standard InChI is InChI=1S/C24H24N2O9S2/c1-13(27)25-17(11-36)24(33)37-12-18(26-14(2)28)23(32)35-20-10-6-4-8-16(20)22(31)34-19-9-5-3-7-15(19)21(29)30/h3-10,17-18,36H,11-12H2,1-2H3,(H,25,27)(H,26,28)(H,29,30). The molecule has 0 saturated carbocycles. The van der Waals surface area contributed by atoms with Crippen LogP contribution in [0.15, 0.2) is 48.5 Å². The molecule has 2 atom stereocenters. The number of nitrogens with one attached hydrogen (secondary N) is 2. The van der Waals surface area contributed by atoms with Crippen LogP contribution in [-0.2, 0) is 19.2 Å². The molecule has 0 aliphatic heterocycles. The van der Waals surface area contributed by atoms with Crippen molar-refractivity contribution in [3.05, 3.63) is 59.7 Å². The second kappa shape index (κ2) is 14.0. The van der Waals surface area contributed by atoms with Crippen LogP contribution in [0.4, 0.5) is 0 Å². The number of amides is 2. The molecule has 0 aromatic heterocycles. The minimum Gasteiger partial charge on any atom is -0.478 e. The van der Waals surface area contributed by atoms with Gasteiger partial charge in [0.1, 0.15) is 34.7 Å². The van der Waals surface area contributed by atoms with Crippen molar-refractivity contribution in [3.63, 3.8) is 0 Å². The highest BCUT2D eigenvalue weighted by Crippen LogP contribution is 2.24. The highest BCUT2D eigenvalue weighted by molar-refractivity contribution is 8.13. The molecule has 2 amide bonds. The first-order valence-corrected chi connectivity index (χ1v) is 12.3. The smallest absolute Gasteiger partial charge is 0.347 e. The lowest BCUT2D eigenvalue weighted by Gasteiger charge is -2.19. The summed E-state index contributed by atoms with van der Waals surface area (Å²) >= 11 is 4.72. The highest BCUT2D eigenvalue weighted by atomic mass is 32.2. The fourth-order valence-corrected chi connectivity index (χ4v) is 4.17. The molecular weight excluding hydrogens is 524 g/mol. The number of thioether (sulfide) groups is 1. The number of carbonyl (C=O) groups is 6. The zero-order chi connectivity index (χ0) is 27.5. The van der Waals surface area contributed by atoms with E-state index in [0.29, 0.717) is 11.8 Å². The minimum absolute atomic E-state index is 0.0289. The molecule has 0 aliphatic rings. The number of rotatable bonds is 11. The Hall–Kier alpha value is -3.84. The number of esters is 2. The van der Waals surface area contributed by atoms with Gasteiger partial charge >= 0.3 is 17.9 Å². The molecule has 2 aromatic rings. The van der Waals surface area contributed by atoms with Gasteiger partial charge in [0, 0.05) is 25.4 Å². The summed E-state index contributed by atoms with van der Waals surface area (Å²) in [5.74, 6) is -4.85. The van der Waals surface area contributed by atoms with Gasteiger partial charge in [-0.25, -0.2) is 14.4 Å². The maximum absolute atomic E-state index is 12.9. The third kappa shape index (κ3) is 8.95. The molecule has 196 valence electrons. The molecule has 2 unspecified atom stereocenters. The Kier molecular flexibility index (Phi) is 11.2. The number of para-hydroxylation sites is 2. The van der Waals surface area contributed by atoms with Crippen molar-refractivity contribution in [1.82, 2.24) is 10.6 Å². The quantitative estimate of drug-likeness (QED) is 0.184. The summed E-state index contributed by atoms with van der Waals surface area (Å²) in [6, 6.07) is 8.94. The zero-order valence-electron chi connectivity index (χ0n) is 19.8. The Labute approximate surface area is 221 Å². The van der Waals surface area contributed by atoms with Crippen molar-refractivity contribution in [2.45, 2.75) is 25.9 Å². The Morgan fingerprint density at radius 2 is 1.35 bits per heavy atom. The van der Waals surface area contributed by atoms with E-state index < -0.39 is 46.9 Å². The predicted molar refractivity (Wildman–Crippen MR) is 137 cm³/mol. The SMILES string of the molecule is CC(=O)NC(CSC(=O)C(CS)NC(C)=O)C(=O)Oc1ccccc1C(=O)Oc1ccccc1C(=O)O. The summed E-state index contributed by atoms with van der Waals surface area (Å²) in [5, 5.41) is 13.6. The molecule has 2 rings (SSSR count). The number of carbonyl (C=O) groups excluding carboxylic acids is 5. The summed E-state index contributed by atoms with van der Waals surface area (Å²) in [7, 11) is 0. The lowest BCUT2D eigenvalue weighted by Crippen LogP contribution is -2.45. The van der Waals surface area contributed by atoms with Crippen LogP contribution >= 0.6 is 24.4 Å². The van der Waals surface area contributed by atoms with Crippen LogP contribution in [0.1, 0.15) is 34.6 Å². The largest absolute Gasteiger partial charge is 0.478 e. The van der Waals surface area contributed by atoms with Gasteiger partial charge in [0.05, 0.1) is 0 Å². The number of thiol groups is 1. The van der Waals surface area contributed by atoms with E-state index in [1.54, 1.807) is 0 Å². The molecule has 3 N–H and O–H groups in total. The van der Waals surface area contributed by atoms with Crippen LogP contribution < -0.4 is 20.1 Å². The average Bonchev–Trinajstić information content (AvgIpc) is 2.84. The van der Waals surface area contributed by atoms with Crippen molar-refractivity contribution in [2.75, 3.05) is 11.5 Å². The van der Waals surface area contributed by atoms with Crippen LogP contribution in [0.25, 0.3) is 0 Å². The molecule has 0 radical (unpaired) electrons. The van der Waals surface area contributed by atoms with Crippen LogP contribution in [0.3, 0.4) is 0 Å². The van der Waals surface area contributed by atoms with E-state index in [0.717, 1.165) is 0 Å². The maximum atomic E-state index is 12.9. The third-order valence-corrected chi connectivity index (χ3v) is 5.97. The van der Waals surface area contributed by atoms with E-state index in [9.17, 15) is 33.9 Å². The number of aromatic carboxylic acids is 1. The van der Waals surface area contributed by atoms with E-state index in [1.807, 2.05) is 0 Å². The van der Waals surface area contributed by atoms with Crippen molar-refractivity contribution in [3.8, 4) is 11.5 Å². The number of carboxylic acids is 1. The number of benzene rings is 2. The van der Waals surface area contributed by atoms with E-state index in [4.69, 9.17) is 9.47 Å². The molecule has 2 aromatic carbocycles. The average molecular weight is 549 g/mol. The Morgan fingerprint density at radius 3 is 1.89 bits per heavy atom. The molecule has 0 aliphatic carbocycles. The first-order chi connectivity index (χ1) is 17.5. The van der Waals surface area contributed by atoms with Gasteiger partial charge in [0.25, 0.3) is 0 Å². The molecule has 0 saturated heterocycles.